The van der Waals surface area contributed by atoms with Crippen molar-refractivity contribution < 1.29 is 13.9 Å². The van der Waals surface area contributed by atoms with Gasteiger partial charge in [0, 0.05) is 6.42 Å². The van der Waals surface area contributed by atoms with Crippen LogP contribution in [-0.4, -0.2) is 19.6 Å². The Balaban J connectivity index is 0.000000383. The maximum Gasteiger partial charge on any atom is 0.293 e. The van der Waals surface area contributed by atoms with E-state index in [-0.39, 0.29) is 5.83 Å². The second-order valence-corrected chi connectivity index (χ2v) is 7.21. The monoisotopic (exact) mass is 351 g/mol. The summed E-state index contributed by atoms with van der Waals surface area (Å²) in [5.74, 6) is 1.82. The van der Waals surface area contributed by atoms with Crippen LogP contribution < -0.4 is 5.32 Å². The molecule has 0 aromatic heterocycles. The Kier molecular flexibility index (Phi) is 13.7. The third-order valence-corrected chi connectivity index (χ3v) is 3.33. The summed E-state index contributed by atoms with van der Waals surface area (Å²) in [4.78, 5) is 9.76. The molecule has 25 heavy (non-hydrogen) atoms. The SMILES string of the molecule is C=C(F)CC1CNCC(C)C1.CC(C)C.O=COCc1ccccc1. The minimum Gasteiger partial charge on any atom is -0.463 e. The van der Waals surface area contributed by atoms with Gasteiger partial charge in [0.05, 0.1) is 5.83 Å². The van der Waals surface area contributed by atoms with Crippen molar-refractivity contribution >= 4 is 6.47 Å². The van der Waals surface area contributed by atoms with E-state index in [2.05, 4.69) is 44.3 Å². The van der Waals surface area contributed by atoms with Crippen LogP contribution in [0.1, 0.15) is 46.1 Å². The predicted octanol–water partition coefficient (Wildman–Crippen LogP) is 5.13. The van der Waals surface area contributed by atoms with Crippen molar-refractivity contribution in [2.45, 2.75) is 47.1 Å². The number of nitrogens with one attached hydrogen (secondary N) is 1. The summed E-state index contributed by atoms with van der Waals surface area (Å²) in [6.07, 6.45) is 1.67. The molecular weight excluding hydrogens is 317 g/mol. The number of hydrogen-bond donors (Lipinski definition) is 1. The Bertz CT molecular complexity index is 459. The summed E-state index contributed by atoms with van der Waals surface area (Å²) in [6, 6.07) is 9.55. The summed E-state index contributed by atoms with van der Waals surface area (Å²) in [5, 5.41) is 3.28. The molecule has 0 bridgehead atoms. The first-order valence-electron chi connectivity index (χ1n) is 8.98. The minimum absolute atomic E-state index is 0.175. The lowest BCUT2D eigenvalue weighted by Gasteiger charge is -2.26. The second kappa shape index (κ2) is 14.6. The molecule has 2 unspecified atom stereocenters. The van der Waals surface area contributed by atoms with E-state index in [9.17, 15) is 9.18 Å². The molecule has 1 fully saturated rings. The van der Waals surface area contributed by atoms with E-state index >= 15 is 0 Å². The van der Waals surface area contributed by atoms with E-state index in [0.29, 0.717) is 31.3 Å². The van der Waals surface area contributed by atoms with E-state index in [4.69, 9.17) is 0 Å². The number of carbonyl (C=O) groups excluding carboxylic acids is 1. The molecule has 1 aliphatic rings. The zero-order valence-electron chi connectivity index (χ0n) is 16.1. The first-order chi connectivity index (χ1) is 11.8. The third-order valence-electron chi connectivity index (χ3n) is 3.33. The Hall–Kier alpha value is -1.68. The number of allylic oxidation sites excluding steroid dienone is 1. The summed E-state index contributed by atoms with van der Waals surface area (Å²) < 4.78 is 16.9. The Labute approximate surface area is 152 Å². The molecule has 3 nitrogen and oxygen atoms in total. The molecule has 0 amide bonds. The molecule has 2 rings (SSSR count). The molecule has 1 aliphatic heterocycles. The Morgan fingerprint density at radius 1 is 1.32 bits per heavy atom. The zero-order valence-corrected chi connectivity index (χ0v) is 16.1. The molecule has 0 aliphatic carbocycles. The van der Waals surface area contributed by atoms with Crippen molar-refractivity contribution in [3.63, 3.8) is 0 Å². The summed E-state index contributed by atoms with van der Waals surface area (Å²) in [6.45, 7) is 14.8. The second-order valence-electron chi connectivity index (χ2n) is 7.21. The van der Waals surface area contributed by atoms with Crippen molar-refractivity contribution in [3.05, 3.63) is 48.3 Å². The maximum atomic E-state index is 12.4. The van der Waals surface area contributed by atoms with Crippen LogP contribution in [0.5, 0.6) is 0 Å². The minimum atomic E-state index is -0.175. The van der Waals surface area contributed by atoms with Crippen LogP contribution in [0.15, 0.2) is 42.7 Å². The number of halogens is 1. The quantitative estimate of drug-likeness (QED) is 0.748. The van der Waals surface area contributed by atoms with E-state index in [0.717, 1.165) is 31.0 Å². The molecular formula is C21H34FNO2. The normalized spacial score (nSPS) is 19.0. The fourth-order valence-corrected chi connectivity index (χ4v) is 2.44. The van der Waals surface area contributed by atoms with E-state index in [1.165, 1.54) is 0 Å². The van der Waals surface area contributed by atoms with Gasteiger partial charge in [-0.3, -0.25) is 4.79 Å². The number of benzene rings is 1. The van der Waals surface area contributed by atoms with Gasteiger partial charge in [0.2, 0.25) is 0 Å². The van der Waals surface area contributed by atoms with Gasteiger partial charge in [0.25, 0.3) is 6.47 Å². The van der Waals surface area contributed by atoms with Crippen molar-refractivity contribution in [1.29, 1.82) is 0 Å². The average molecular weight is 352 g/mol. The topological polar surface area (TPSA) is 38.3 Å². The van der Waals surface area contributed by atoms with Gasteiger partial charge in [-0.2, -0.15) is 0 Å². The van der Waals surface area contributed by atoms with Crippen molar-refractivity contribution in [3.8, 4) is 0 Å². The highest BCUT2D eigenvalue weighted by Crippen LogP contribution is 2.21. The van der Waals surface area contributed by atoms with Crippen LogP contribution in [0, 0.1) is 17.8 Å². The van der Waals surface area contributed by atoms with Gasteiger partial charge in [0.1, 0.15) is 6.61 Å². The van der Waals surface area contributed by atoms with Gasteiger partial charge >= 0.3 is 0 Å². The van der Waals surface area contributed by atoms with E-state index in [1.54, 1.807) is 0 Å². The Morgan fingerprint density at radius 2 is 1.92 bits per heavy atom. The lowest BCUT2D eigenvalue weighted by Crippen LogP contribution is -2.34. The molecule has 0 spiro atoms. The molecule has 1 aromatic rings. The average Bonchev–Trinajstić information content (AvgIpc) is 2.53. The smallest absolute Gasteiger partial charge is 0.293 e. The molecule has 1 aromatic carbocycles. The third kappa shape index (κ3) is 15.6. The van der Waals surface area contributed by atoms with E-state index < -0.39 is 0 Å². The molecule has 142 valence electrons. The first kappa shape index (κ1) is 23.3. The van der Waals surface area contributed by atoms with Gasteiger partial charge in [-0.05, 0) is 42.8 Å². The van der Waals surface area contributed by atoms with Crippen LogP contribution in [-0.2, 0) is 16.1 Å². The first-order valence-corrected chi connectivity index (χ1v) is 8.98. The fraction of sp³-hybridized carbons (Fsp3) is 0.571. The highest BCUT2D eigenvalue weighted by molar-refractivity contribution is 5.37. The predicted molar refractivity (Wildman–Crippen MR) is 103 cm³/mol. The Morgan fingerprint density at radius 3 is 2.40 bits per heavy atom. The molecule has 0 radical (unpaired) electrons. The van der Waals surface area contributed by atoms with Gasteiger partial charge in [0.15, 0.2) is 0 Å². The van der Waals surface area contributed by atoms with Crippen LogP contribution in [0.2, 0.25) is 0 Å². The molecule has 1 saturated heterocycles. The number of ether oxygens (including phenoxy) is 1. The van der Waals surface area contributed by atoms with Gasteiger partial charge < -0.3 is 10.1 Å². The highest BCUT2D eigenvalue weighted by Gasteiger charge is 2.18. The van der Waals surface area contributed by atoms with Crippen molar-refractivity contribution in [1.82, 2.24) is 5.32 Å². The zero-order chi connectivity index (χ0) is 19.1. The fourth-order valence-electron chi connectivity index (χ4n) is 2.44. The lowest BCUT2D eigenvalue weighted by molar-refractivity contribution is -0.129. The van der Waals surface area contributed by atoms with Crippen molar-refractivity contribution in [2.24, 2.45) is 17.8 Å². The molecule has 1 heterocycles. The van der Waals surface area contributed by atoms with Crippen LogP contribution in [0.4, 0.5) is 4.39 Å². The van der Waals surface area contributed by atoms with Crippen LogP contribution >= 0.6 is 0 Å². The van der Waals surface area contributed by atoms with Gasteiger partial charge in [-0.1, -0.05) is 64.6 Å². The van der Waals surface area contributed by atoms with Crippen LogP contribution in [0.3, 0.4) is 0 Å². The molecule has 4 heteroatoms. The summed E-state index contributed by atoms with van der Waals surface area (Å²) in [7, 11) is 0. The molecule has 2 atom stereocenters. The highest BCUT2D eigenvalue weighted by atomic mass is 19.1. The van der Waals surface area contributed by atoms with Gasteiger partial charge in [-0.25, -0.2) is 4.39 Å². The van der Waals surface area contributed by atoms with Gasteiger partial charge in [-0.15, -0.1) is 0 Å². The van der Waals surface area contributed by atoms with Crippen LogP contribution in [0.25, 0.3) is 0 Å². The maximum absolute atomic E-state index is 12.4. The van der Waals surface area contributed by atoms with Crippen molar-refractivity contribution in [2.75, 3.05) is 13.1 Å². The van der Waals surface area contributed by atoms with E-state index in [1.807, 2.05) is 30.3 Å². The standard InChI is InChI=1S/C9H16FN.C8H8O2.C4H10/c1-7-3-9(4-8(2)10)6-11-5-7;9-7-10-6-8-4-2-1-3-5-8;1-4(2)3/h7,9,11H,2-6H2,1H3;1-5,7H,6H2;4H,1-3H3. The largest absolute Gasteiger partial charge is 0.463 e. The summed E-state index contributed by atoms with van der Waals surface area (Å²) >= 11 is 0. The number of carbonyl (C=O) groups is 1. The number of rotatable bonds is 5. The summed E-state index contributed by atoms with van der Waals surface area (Å²) in [5.41, 5.74) is 1.01. The molecule has 0 saturated carbocycles. The molecule has 1 N–H and O–H groups in total. The lowest BCUT2D eigenvalue weighted by atomic mass is 9.89. The number of piperidine rings is 1. The number of hydrogen-bond acceptors (Lipinski definition) is 3.